The van der Waals surface area contributed by atoms with Crippen LogP contribution < -0.4 is 16.0 Å². The Balaban J connectivity index is 0.00000272. The Morgan fingerprint density at radius 1 is 1.16 bits per heavy atom. The zero-order valence-electron chi connectivity index (χ0n) is 17.4. The first-order chi connectivity index (χ1) is 14.7. The van der Waals surface area contributed by atoms with E-state index in [1.54, 1.807) is 7.05 Å². The molecule has 0 aliphatic carbocycles. The molecule has 7 nitrogen and oxygen atoms in total. The van der Waals surface area contributed by atoms with Crippen LogP contribution >= 0.6 is 24.0 Å². The number of guanidine groups is 1. The van der Waals surface area contributed by atoms with E-state index < -0.39 is 0 Å². The van der Waals surface area contributed by atoms with Crippen LogP contribution in [0.2, 0.25) is 0 Å². The Hall–Kier alpha value is -2.88. The molecule has 162 valence electrons. The summed E-state index contributed by atoms with van der Waals surface area (Å²) in [7, 11) is 1.74. The number of aromatic nitrogens is 2. The number of benzene rings is 2. The van der Waals surface area contributed by atoms with Gasteiger partial charge in [-0.15, -0.1) is 24.0 Å². The van der Waals surface area contributed by atoms with Crippen LogP contribution in [0.5, 0.6) is 0 Å². The maximum atomic E-state index is 12.0. The molecule has 0 spiro atoms. The lowest BCUT2D eigenvalue weighted by molar-refractivity contribution is -0.116. The predicted octanol–water partition coefficient (Wildman–Crippen LogP) is 3.34. The third-order valence-corrected chi connectivity index (χ3v) is 5.26. The van der Waals surface area contributed by atoms with Crippen LogP contribution in [0.4, 0.5) is 5.69 Å². The Morgan fingerprint density at radius 3 is 2.74 bits per heavy atom. The molecule has 1 atom stereocenters. The lowest BCUT2D eigenvalue weighted by atomic mass is 9.90. The number of fused-ring (bicyclic) bond motifs is 1. The zero-order valence-corrected chi connectivity index (χ0v) is 19.7. The molecular weight excluding hydrogens is 503 g/mol. The number of para-hydroxylation sites is 1. The number of amides is 1. The first-order valence-corrected chi connectivity index (χ1v) is 10.1. The second kappa shape index (κ2) is 10.9. The van der Waals surface area contributed by atoms with Crippen molar-refractivity contribution in [2.45, 2.75) is 25.4 Å². The predicted molar refractivity (Wildman–Crippen MR) is 134 cm³/mol. The van der Waals surface area contributed by atoms with Gasteiger partial charge in [-0.1, -0.05) is 48.5 Å². The minimum Gasteiger partial charge on any atom is -0.356 e. The van der Waals surface area contributed by atoms with Gasteiger partial charge in [0.2, 0.25) is 5.91 Å². The molecule has 1 aliphatic rings. The van der Waals surface area contributed by atoms with Gasteiger partial charge in [0.05, 0.1) is 6.54 Å². The molecule has 4 rings (SSSR count). The quantitative estimate of drug-likeness (QED) is 0.260. The van der Waals surface area contributed by atoms with Crippen LogP contribution in [0, 0.1) is 0 Å². The fraction of sp³-hybridized carbons (Fsp3) is 0.261. The fourth-order valence-corrected chi connectivity index (χ4v) is 3.72. The van der Waals surface area contributed by atoms with Crippen molar-refractivity contribution in [1.29, 1.82) is 0 Å². The number of hydrogen-bond acceptors (Lipinski definition) is 3. The van der Waals surface area contributed by atoms with Crippen molar-refractivity contribution in [3.8, 4) is 0 Å². The number of rotatable bonds is 6. The van der Waals surface area contributed by atoms with Crippen molar-refractivity contribution in [1.82, 2.24) is 20.2 Å². The maximum Gasteiger partial charge on any atom is 0.225 e. The third-order valence-electron chi connectivity index (χ3n) is 5.26. The van der Waals surface area contributed by atoms with E-state index in [0.717, 1.165) is 23.6 Å². The van der Waals surface area contributed by atoms with Crippen molar-refractivity contribution < 1.29 is 4.79 Å². The highest BCUT2D eigenvalue weighted by molar-refractivity contribution is 14.0. The van der Waals surface area contributed by atoms with Crippen molar-refractivity contribution in [2.75, 3.05) is 18.9 Å². The van der Waals surface area contributed by atoms with Crippen molar-refractivity contribution in [3.05, 3.63) is 83.9 Å². The van der Waals surface area contributed by atoms with Crippen LogP contribution in [0.25, 0.3) is 0 Å². The average molecular weight is 530 g/mol. The molecule has 31 heavy (non-hydrogen) atoms. The summed E-state index contributed by atoms with van der Waals surface area (Å²) in [5.74, 6) is 1.77. The van der Waals surface area contributed by atoms with E-state index in [-0.39, 0.29) is 35.8 Å². The molecule has 0 saturated heterocycles. The molecule has 1 amide bonds. The summed E-state index contributed by atoms with van der Waals surface area (Å²) < 4.78 is 2.12. The molecule has 0 radical (unpaired) electrons. The number of carbonyl (C=O) groups excluding carboxylic acids is 1. The van der Waals surface area contributed by atoms with Gasteiger partial charge in [0.15, 0.2) is 5.96 Å². The molecule has 8 heteroatoms. The fourth-order valence-electron chi connectivity index (χ4n) is 3.72. The average Bonchev–Trinajstić information content (AvgIpc) is 3.21. The summed E-state index contributed by atoms with van der Waals surface area (Å²) in [6.07, 6.45) is 4.26. The number of nitrogens with one attached hydrogen (secondary N) is 3. The number of halogens is 1. The summed E-state index contributed by atoms with van der Waals surface area (Å²) in [6.45, 7) is 1.96. The van der Waals surface area contributed by atoms with E-state index >= 15 is 0 Å². The summed E-state index contributed by atoms with van der Waals surface area (Å²) in [5.41, 5.74) is 3.28. The Kier molecular flexibility index (Phi) is 8.05. The molecule has 0 bridgehead atoms. The van der Waals surface area contributed by atoms with E-state index in [9.17, 15) is 4.79 Å². The van der Waals surface area contributed by atoms with Gasteiger partial charge in [0.25, 0.3) is 0 Å². The Bertz CT molecular complexity index is 1030. The first-order valence-electron chi connectivity index (χ1n) is 10.1. The van der Waals surface area contributed by atoms with Gasteiger partial charge in [-0.2, -0.15) is 0 Å². The molecular formula is C23H27IN6O. The summed E-state index contributed by atoms with van der Waals surface area (Å²) in [5, 5.41) is 9.62. The van der Waals surface area contributed by atoms with Crippen LogP contribution in [-0.2, 0) is 17.9 Å². The van der Waals surface area contributed by atoms with E-state index in [1.165, 1.54) is 5.56 Å². The van der Waals surface area contributed by atoms with Crippen molar-refractivity contribution in [3.63, 3.8) is 0 Å². The minimum atomic E-state index is 0. The minimum absolute atomic E-state index is 0. The molecule has 2 heterocycles. The standard InChI is InChI=1S/C23H26N6O.HI/c1-24-23(26-14-18-13-22(30)28-20-10-6-5-9-19(18)20)27-15-21-25-11-12-29(21)16-17-7-3-2-4-8-17;/h2-12,18H,13-16H2,1H3,(H,28,30)(H2,24,26,27);1H. The number of carbonyl (C=O) groups is 1. The monoisotopic (exact) mass is 530 g/mol. The maximum absolute atomic E-state index is 12.0. The third kappa shape index (κ3) is 5.84. The SMILES string of the molecule is CN=C(NCc1nccn1Cc1ccccc1)NCC1CC(=O)Nc2ccccc21.I. The van der Waals surface area contributed by atoms with Gasteiger partial charge >= 0.3 is 0 Å². The smallest absolute Gasteiger partial charge is 0.225 e. The molecule has 1 unspecified atom stereocenters. The van der Waals surface area contributed by atoms with Gasteiger partial charge < -0.3 is 20.5 Å². The molecule has 3 N–H and O–H groups in total. The van der Waals surface area contributed by atoms with E-state index in [1.807, 2.05) is 48.8 Å². The number of imidazole rings is 1. The van der Waals surface area contributed by atoms with E-state index in [4.69, 9.17) is 0 Å². The van der Waals surface area contributed by atoms with Crippen molar-refractivity contribution in [2.24, 2.45) is 4.99 Å². The number of nitrogens with zero attached hydrogens (tertiary/aromatic N) is 3. The molecule has 3 aromatic rings. The van der Waals surface area contributed by atoms with E-state index in [0.29, 0.717) is 25.5 Å². The topological polar surface area (TPSA) is 83.3 Å². The second-order valence-corrected chi connectivity index (χ2v) is 7.30. The lowest BCUT2D eigenvalue weighted by Gasteiger charge is -2.26. The van der Waals surface area contributed by atoms with E-state index in [2.05, 4.69) is 48.7 Å². The molecule has 0 fully saturated rings. The highest BCUT2D eigenvalue weighted by Gasteiger charge is 2.24. The van der Waals surface area contributed by atoms with Crippen LogP contribution in [0.1, 0.15) is 29.3 Å². The number of anilines is 1. The zero-order chi connectivity index (χ0) is 20.8. The summed E-state index contributed by atoms with van der Waals surface area (Å²) in [6, 6.07) is 18.3. The summed E-state index contributed by atoms with van der Waals surface area (Å²) >= 11 is 0. The summed E-state index contributed by atoms with van der Waals surface area (Å²) in [4.78, 5) is 20.8. The van der Waals surface area contributed by atoms with Crippen LogP contribution in [0.3, 0.4) is 0 Å². The number of hydrogen-bond donors (Lipinski definition) is 3. The van der Waals surface area contributed by atoms with Gasteiger partial charge in [-0.25, -0.2) is 4.98 Å². The lowest BCUT2D eigenvalue weighted by Crippen LogP contribution is -2.40. The van der Waals surface area contributed by atoms with Gasteiger partial charge in [0.1, 0.15) is 5.82 Å². The largest absolute Gasteiger partial charge is 0.356 e. The van der Waals surface area contributed by atoms with Gasteiger partial charge in [-0.3, -0.25) is 9.79 Å². The molecule has 1 aliphatic heterocycles. The molecule has 1 aromatic heterocycles. The van der Waals surface area contributed by atoms with Crippen LogP contribution in [-0.4, -0.2) is 35.0 Å². The van der Waals surface area contributed by atoms with Gasteiger partial charge in [0, 0.05) is 50.6 Å². The molecule has 0 saturated carbocycles. The first kappa shape index (κ1) is 22.8. The molecule has 2 aromatic carbocycles. The van der Waals surface area contributed by atoms with Gasteiger partial charge in [-0.05, 0) is 17.2 Å². The highest BCUT2D eigenvalue weighted by Crippen LogP contribution is 2.31. The van der Waals surface area contributed by atoms with Crippen molar-refractivity contribution >= 4 is 41.5 Å². The normalized spacial score (nSPS) is 15.5. The number of aliphatic imine (C=N–C) groups is 1. The second-order valence-electron chi connectivity index (χ2n) is 7.30. The Morgan fingerprint density at radius 2 is 1.94 bits per heavy atom. The Labute approximate surface area is 199 Å². The van der Waals surface area contributed by atoms with Crippen LogP contribution in [0.15, 0.2) is 72.0 Å². The highest BCUT2D eigenvalue weighted by atomic mass is 127.